The van der Waals surface area contributed by atoms with E-state index in [1.165, 1.54) is 23.3 Å². The minimum absolute atomic E-state index is 0.179. The van der Waals surface area contributed by atoms with Crippen molar-refractivity contribution in [2.45, 2.75) is 25.5 Å². The van der Waals surface area contributed by atoms with Gasteiger partial charge in [0.15, 0.2) is 6.10 Å². The maximum atomic E-state index is 13.7. The van der Waals surface area contributed by atoms with E-state index in [1.807, 2.05) is 13.0 Å². The fourth-order valence-electron chi connectivity index (χ4n) is 4.57. The third-order valence-electron chi connectivity index (χ3n) is 6.20. The number of imide groups is 1. The van der Waals surface area contributed by atoms with Gasteiger partial charge in [-0.25, -0.2) is 9.96 Å². The number of non-ortho nitro benzene ring substituents is 1. The number of hydrogen-bond acceptors (Lipinski definition) is 7. The molecule has 3 aromatic rings. The lowest BCUT2D eigenvalue weighted by atomic mass is 9.90. The Labute approximate surface area is 211 Å². The van der Waals surface area contributed by atoms with Crippen LogP contribution < -0.4 is 14.7 Å². The molecule has 2 heterocycles. The summed E-state index contributed by atoms with van der Waals surface area (Å²) in [5.74, 6) is -1.32. The third kappa shape index (κ3) is 4.06. The van der Waals surface area contributed by atoms with Crippen LogP contribution in [0, 0.1) is 16.0 Å². The van der Waals surface area contributed by atoms with Crippen molar-refractivity contribution < 1.29 is 24.1 Å². The van der Waals surface area contributed by atoms with Gasteiger partial charge in [-0.3, -0.25) is 24.5 Å². The molecule has 0 unspecified atom stereocenters. The number of ether oxygens (including phenoxy) is 1. The number of benzene rings is 3. The number of amides is 2. The quantitative estimate of drug-likeness (QED) is 0.249. The number of hydrogen-bond donors (Lipinski definition) is 0. The third-order valence-corrected chi connectivity index (χ3v) is 6.55. The summed E-state index contributed by atoms with van der Waals surface area (Å²) in [6.07, 6.45) is -0.264. The first kappa shape index (κ1) is 23.8. The first-order valence-corrected chi connectivity index (χ1v) is 11.8. The Bertz CT molecular complexity index is 1320. The van der Waals surface area contributed by atoms with E-state index in [0.717, 1.165) is 11.3 Å². The van der Waals surface area contributed by atoms with E-state index in [-0.39, 0.29) is 10.7 Å². The minimum Gasteiger partial charge on any atom is -0.494 e. The average Bonchev–Trinajstić information content (AvgIpc) is 3.39. The van der Waals surface area contributed by atoms with Crippen LogP contribution in [-0.4, -0.2) is 29.4 Å². The molecule has 0 bridgehead atoms. The van der Waals surface area contributed by atoms with Gasteiger partial charge >= 0.3 is 0 Å². The standard InChI is InChI=1S/C26H22ClN3O6/c1-2-14-35-19-11-8-16(9-12-19)28-25(31)22-23(20-15-18(30(33)34)10-13-21(20)27)29(36-24(22)26(28)32)17-6-4-3-5-7-17/h3-13,15,22-24H,2,14H2,1H3/t22-,23+,24-/m0/s1. The van der Waals surface area contributed by atoms with Gasteiger partial charge in [0.2, 0.25) is 5.91 Å². The van der Waals surface area contributed by atoms with Crippen LogP contribution in [0.2, 0.25) is 5.02 Å². The van der Waals surface area contributed by atoms with Gasteiger partial charge in [-0.15, -0.1) is 0 Å². The van der Waals surface area contributed by atoms with Crippen LogP contribution in [0.5, 0.6) is 5.75 Å². The van der Waals surface area contributed by atoms with E-state index in [2.05, 4.69) is 0 Å². The number of nitro benzene ring substituents is 1. The first-order valence-electron chi connectivity index (χ1n) is 11.5. The monoisotopic (exact) mass is 507 g/mol. The molecule has 184 valence electrons. The van der Waals surface area contributed by atoms with Crippen molar-refractivity contribution in [1.29, 1.82) is 0 Å². The molecule has 2 saturated heterocycles. The van der Waals surface area contributed by atoms with Gasteiger partial charge in [0.1, 0.15) is 11.7 Å². The molecule has 2 aliphatic heterocycles. The van der Waals surface area contributed by atoms with Crippen LogP contribution in [-0.2, 0) is 14.4 Å². The Morgan fingerprint density at radius 2 is 1.72 bits per heavy atom. The lowest BCUT2D eigenvalue weighted by Crippen LogP contribution is -2.37. The molecule has 3 aromatic carbocycles. The Morgan fingerprint density at radius 1 is 1.00 bits per heavy atom. The van der Waals surface area contributed by atoms with Crippen molar-refractivity contribution in [3.05, 3.63) is 93.5 Å². The number of nitro groups is 1. The fraction of sp³-hybridized carbons (Fsp3) is 0.231. The lowest BCUT2D eigenvalue weighted by molar-refractivity contribution is -0.384. The van der Waals surface area contributed by atoms with Crippen molar-refractivity contribution >= 4 is 40.5 Å². The van der Waals surface area contributed by atoms with Crippen LogP contribution in [0.15, 0.2) is 72.8 Å². The minimum atomic E-state index is -1.12. The highest BCUT2D eigenvalue weighted by molar-refractivity contribution is 6.31. The SMILES string of the molecule is CCCOc1ccc(N2C(=O)[C@@H]3[C@H](ON(c4ccccc4)[C@@H]3c3cc([N+](=O)[O-])ccc3Cl)C2=O)cc1. The van der Waals surface area contributed by atoms with E-state index in [1.54, 1.807) is 48.5 Å². The highest BCUT2D eigenvalue weighted by atomic mass is 35.5. The Hall–Kier alpha value is -3.95. The number of hydroxylamine groups is 1. The summed E-state index contributed by atoms with van der Waals surface area (Å²) in [6, 6.07) is 18.8. The molecule has 0 saturated carbocycles. The second-order valence-corrected chi connectivity index (χ2v) is 8.88. The van der Waals surface area contributed by atoms with Crippen molar-refractivity contribution in [2.24, 2.45) is 5.92 Å². The maximum Gasteiger partial charge on any atom is 0.269 e. The molecule has 0 aromatic heterocycles. The van der Waals surface area contributed by atoms with Gasteiger partial charge in [0.25, 0.3) is 11.6 Å². The molecule has 2 aliphatic rings. The van der Waals surface area contributed by atoms with Crippen LogP contribution in [0.3, 0.4) is 0 Å². The highest BCUT2D eigenvalue weighted by Crippen LogP contribution is 2.49. The molecular weight excluding hydrogens is 486 g/mol. The van der Waals surface area contributed by atoms with Crippen molar-refractivity contribution in [3.63, 3.8) is 0 Å². The summed E-state index contributed by atoms with van der Waals surface area (Å²) in [7, 11) is 0. The summed E-state index contributed by atoms with van der Waals surface area (Å²) >= 11 is 6.49. The summed E-state index contributed by atoms with van der Waals surface area (Å²) in [6.45, 7) is 2.55. The Morgan fingerprint density at radius 3 is 2.39 bits per heavy atom. The predicted molar refractivity (Wildman–Crippen MR) is 133 cm³/mol. The number of nitrogens with zero attached hydrogens (tertiary/aromatic N) is 3. The summed E-state index contributed by atoms with van der Waals surface area (Å²) in [4.78, 5) is 45.3. The topological polar surface area (TPSA) is 102 Å². The van der Waals surface area contributed by atoms with Gasteiger partial charge in [-0.05, 0) is 48.9 Å². The van der Waals surface area contributed by atoms with E-state index in [0.29, 0.717) is 29.3 Å². The van der Waals surface area contributed by atoms with Crippen LogP contribution in [0.4, 0.5) is 17.1 Å². The molecule has 0 spiro atoms. The molecule has 3 atom stereocenters. The molecule has 9 nitrogen and oxygen atoms in total. The van der Waals surface area contributed by atoms with Crippen LogP contribution in [0.1, 0.15) is 24.9 Å². The molecule has 0 N–H and O–H groups in total. The van der Waals surface area contributed by atoms with Crippen molar-refractivity contribution in [1.82, 2.24) is 0 Å². The zero-order valence-electron chi connectivity index (χ0n) is 19.2. The van der Waals surface area contributed by atoms with Crippen LogP contribution in [0.25, 0.3) is 0 Å². The number of para-hydroxylation sites is 1. The second kappa shape index (κ2) is 9.60. The summed E-state index contributed by atoms with van der Waals surface area (Å²) in [5, 5.41) is 13.2. The number of rotatable bonds is 7. The number of halogens is 1. The molecule has 0 aliphatic carbocycles. The van der Waals surface area contributed by atoms with Gasteiger partial charge in [-0.1, -0.05) is 36.7 Å². The van der Waals surface area contributed by atoms with E-state index < -0.39 is 34.8 Å². The molecule has 2 amide bonds. The van der Waals surface area contributed by atoms with E-state index in [9.17, 15) is 19.7 Å². The Kier molecular flexibility index (Phi) is 6.34. The normalized spacial score (nSPS) is 21.1. The van der Waals surface area contributed by atoms with Crippen molar-refractivity contribution in [2.75, 3.05) is 16.6 Å². The molecule has 0 radical (unpaired) electrons. The molecule has 36 heavy (non-hydrogen) atoms. The first-order chi connectivity index (χ1) is 17.4. The van der Waals surface area contributed by atoms with Gasteiger partial charge < -0.3 is 4.74 Å². The largest absolute Gasteiger partial charge is 0.494 e. The molecular formula is C26H22ClN3O6. The second-order valence-electron chi connectivity index (χ2n) is 8.48. The predicted octanol–water partition coefficient (Wildman–Crippen LogP) is 5.09. The number of carbonyl (C=O) groups excluding carboxylic acids is 2. The number of carbonyl (C=O) groups is 2. The molecule has 5 rings (SSSR count). The number of anilines is 2. The number of fused-ring (bicyclic) bond motifs is 1. The molecule has 10 heteroatoms. The average molecular weight is 508 g/mol. The smallest absolute Gasteiger partial charge is 0.269 e. The maximum absolute atomic E-state index is 13.7. The highest BCUT2D eigenvalue weighted by Gasteiger charge is 2.60. The van der Waals surface area contributed by atoms with Crippen molar-refractivity contribution in [3.8, 4) is 5.75 Å². The zero-order chi connectivity index (χ0) is 25.4. The fourth-order valence-corrected chi connectivity index (χ4v) is 4.80. The van der Waals surface area contributed by atoms with Gasteiger partial charge in [-0.2, -0.15) is 0 Å². The van der Waals surface area contributed by atoms with E-state index >= 15 is 0 Å². The van der Waals surface area contributed by atoms with Gasteiger partial charge in [0.05, 0.1) is 28.9 Å². The van der Waals surface area contributed by atoms with Gasteiger partial charge in [0, 0.05) is 22.7 Å². The summed E-state index contributed by atoms with van der Waals surface area (Å²) in [5.41, 5.74) is 1.13. The van der Waals surface area contributed by atoms with E-state index in [4.69, 9.17) is 21.2 Å². The molecule has 2 fully saturated rings. The lowest BCUT2D eigenvalue weighted by Gasteiger charge is -2.29. The zero-order valence-corrected chi connectivity index (χ0v) is 20.0. The Balaban J connectivity index is 1.55. The summed E-state index contributed by atoms with van der Waals surface area (Å²) < 4.78 is 5.59. The van der Waals surface area contributed by atoms with Crippen LogP contribution >= 0.6 is 11.6 Å².